The average molecular weight is 1400 g/mol. The number of piperazine rings is 5. The Kier molecular flexibility index (Phi) is 10.5. The van der Waals surface area contributed by atoms with Gasteiger partial charge in [0.15, 0.2) is 0 Å². The van der Waals surface area contributed by atoms with E-state index in [1.54, 1.807) is 109 Å². The van der Waals surface area contributed by atoms with Gasteiger partial charge in [0.1, 0.15) is 0 Å². The molecule has 5 fully saturated rings. The first kappa shape index (κ1) is 26.9. The summed E-state index contributed by atoms with van der Waals surface area (Å²) in [6.07, 6.45) is 0. The predicted octanol–water partition coefficient (Wildman–Crippen LogP) is 15.1. The summed E-state index contributed by atoms with van der Waals surface area (Å²) in [5, 5.41) is 0. The number of rotatable bonds is 15. The summed E-state index contributed by atoms with van der Waals surface area (Å²) < 4.78 is 548. The zero-order chi connectivity index (χ0) is 127. The summed E-state index contributed by atoms with van der Waals surface area (Å²) in [7, 11) is 1.73. The summed E-state index contributed by atoms with van der Waals surface area (Å²) in [5.74, 6) is 0. The number of benzene rings is 10. The topological polar surface area (TPSA) is 32.4 Å². The lowest BCUT2D eigenvalue weighted by atomic mass is 9.96. The van der Waals surface area contributed by atoms with E-state index in [1.807, 2.05) is 0 Å². The average Bonchev–Trinajstić information content (AvgIpc) is 0.669. The molecule has 0 aromatic heterocycles. The molecule has 5 heterocycles. The monoisotopic (exact) mass is 1400 g/mol. The van der Waals surface area contributed by atoms with Crippen LogP contribution >= 0.6 is 0 Å². The van der Waals surface area contributed by atoms with Crippen molar-refractivity contribution in [3.8, 4) is 0 Å². The van der Waals surface area contributed by atoms with Gasteiger partial charge in [0.2, 0.25) is 0 Å². The SMILES string of the molecule is [2H]C([2H])([2H])N1C([2H])([2H])C([2H])([2H])N(C([2H])(c2ccccc2)c2ccccc2)C([2H])([2H])C1([2H])[2H].[2H]C([2H])([2H])N1C([2H])([2H])CN(C([2H])(c2ccccc2)c2ccccc2)CC1([2H])[2H].[2H]C(c1ccccc1)(c1ccccc1)N1C([2H])([2H])C([2H])([2H])N(C)C([2H])([2H])C1([2H])[2H].[2H]c1c([2H])c([2H])c(C([2H])(c2c([2H])c([2H])c([2H])c([2H])c2[2H])N2C([2H])([2H])C([2H])([2H])N(C)C([2H])([2H])C2([2H])[2H])c([2H])c1[2H].[2H]c1c([2H])c([2H])c(C([2H])(c2c([2H])c([2H])c([2H])c([2H])c2[2H])N2CC([2H])([2H])N(C([2H])([2H])[2H])C([2H])([2H])C2)c([2H])c1[2H]. The minimum atomic E-state index is -3.80. The van der Waals surface area contributed by atoms with Crippen molar-refractivity contribution in [2.24, 2.45) is 0 Å². The van der Waals surface area contributed by atoms with Crippen molar-refractivity contribution in [2.45, 2.75) is 30.1 Å². The molecule has 0 N–H and O–H groups in total. The third kappa shape index (κ3) is 21.4. The van der Waals surface area contributed by atoms with Gasteiger partial charge in [-0.15, -0.1) is 0 Å². The fraction of sp³-hybridized carbons (Fsp3) is 0.333. The summed E-state index contributed by atoms with van der Waals surface area (Å²) in [6.45, 7) is -64.6. The molecule has 10 heteroatoms. The molecule has 10 aromatic carbocycles. The van der Waals surface area contributed by atoms with Crippen LogP contribution in [0.25, 0.3) is 0 Å². The molecule has 100 heavy (non-hydrogen) atoms. The Labute approximate surface area is 693 Å². The third-order valence-corrected chi connectivity index (χ3v) is 14.1. The van der Waals surface area contributed by atoms with E-state index in [4.69, 9.17) is 83.6 Å². The first-order chi connectivity index (χ1) is 75.0. The summed E-state index contributed by atoms with van der Waals surface area (Å²) in [4.78, 5) is 2.52. The molecule has 0 aliphatic carbocycles. The lowest BCUT2D eigenvalue weighted by Gasteiger charge is -2.38. The Morgan fingerprint density at radius 3 is 0.630 bits per heavy atom. The smallest absolute Gasteiger partial charge is 0.0626 e. The van der Waals surface area contributed by atoms with Crippen LogP contribution in [0.5, 0.6) is 0 Å². The second-order valence-electron chi connectivity index (χ2n) is 20.8. The van der Waals surface area contributed by atoms with Crippen molar-refractivity contribution in [3.05, 3.63) is 358 Å². The standard InChI is InChI=1S/5C18H22N2/c5*1-19-12-14-20(15-13-19)18(16-8-4-2-5-9-16)17-10-6-3-7-11-17/h5*2-11,18H,12-15H2,1H3/i2D,3D,4D,5D,6D,7D,8D,9D,10D,11D,12D2,13D2,14D2,15D2,18D;1D3,2D,3D,4D,5D,6D,7D,8D,9D,10D,11D,12D2,13D2,18D;1D3,12D2,13D2,14D2,15D2,18D;12D2,13D2,14D2,15D2,18D;1D3,12D2,13D2,18D. The number of hydrogen-bond donors (Lipinski definition) is 0. The van der Waals surface area contributed by atoms with Crippen LogP contribution in [-0.2, 0) is 0 Å². The molecule has 5 aliphatic heterocycles. The van der Waals surface area contributed by atoms with E-state index in [2.05, 4.69) is 0 Å². The quantitative estimate of drug-likeness (QED) is 0.0990. The molecule has 0 bridgehead atoms. The van der Waals surface area contributed by atoms with Gasteiger partial charge in [0.25, 0.3) is 0 Å². The molecule has 15 rings (SSSR count). The maximum atomic E-state index is 9.48. The van der Waals surface area contributed by atoms with Crippen LogP contribution in [0, 0.1) is 0 Å². The van der Waals surface area contributed by atoms with E-state index in [-0.39, 0.29) is 41.9 Å². The maximum Gasteiger partial charge on any atom is 0.0626 e. The number of nitrogens with zero attached hydrogens (tertiary/aromatic N) is 10. The molecule has 0 spiro atoms. The summed E-state index contributed by atoms with van der Waals surface area (Å²) in [6, 6.07) is 14.8. The Morgan fingerprint density at radius 1 is 0.230 bits per heavy atom. The molecule has 10 nitrogen and oxygen atoms in total. The highest BCUT2D eigenvalue weighted by Gasteiger charge is 2.30. The van der Waals surface area contributed by atoms with Gasteiger partial charge in [0, 0.05) is 186 Å². The number of hydrogen-bond acceptors (Lipinski definition) is 10. The van der Waals surface area contributed by atoms with Crippen LogP contribution in [0.2, 0.25) is 0 Å². The second kappa shape index (κ2) is 39.1. The molecule has 5 aliphatic rings. The molecular weight excluding hydrogens is 1220 g/mol. The first-order valence-corrected chi connectivity index (χ1v) is 30.4. The van der Waals surface area contributed by atoms with E-state index in [9.17, 15) is 6.85 Å². The lowest BCUT2D eigenvalue weighted by molar-refractivity contribution is 0.127. The van der Waals surface area contributed by atoms with Gasteiger partial charge in [-0.25, -0.2) is 0 Å². The van der Waals surface area contributed by atoms with Crippen LogP contribution < -0.4 is 0 Å². The maximum absolute atomic E-state index is 9.48. The van der Waals surface area contributed by atoms with Gasteiger partial charge in [-0.3, -0.25) is 24.5 Å². The fourth-order valence-corrected chi connectivity index (χ4v) is 9.59. The van der Waals surface area contributed by atoms with Gasteiger partial charge < -0.3 is 24.5 Å². The van der Waals surface area contributed by atoms with E-state index < -0.39 is 329 Å². The number of likely N-dealkylation sites (N-methyl/N-ethyl adjacent to an activating group) is 5. The van der Waals surface area contributed by atoms with E-state index >= 15 is 0 Å². The Morgan fingerprint density at radius 2 is 0.410 bits per heavy atom. The molecule has 0 unspecified atom stereocenters. The zero-order valence-electron chi connectivity index (χ0n) is 120. The van der Waals surface area contributed by atoms with E-state index in [0.29, 0.717) is 30.7 Å². The van der Waals surface area contributed by atoms with Gasteiger partial charge >= 0.3 is 0 Å². The van der Waals surface area contributed by atoms with Crippen molar-refractivity contribution in [1.29, 1.82) is 0 Å². The first-order valence-electron chi connectivity index (χ1n) is 63.4. The molecule has 0 saturated carbocycles. The zero-order valence-corrected chi connectivity index (χ0v) is 53.6. The van der Waals surface area contributed by atoms with Crippen LogP contribution in [-0.4, -0.2) is 214 Å². The largest absolute Gasteiger partial charge is 0.304 e. The minimum absolute atomic E-state index is 0.0339. The Balaban J connectivity index is 0.000000195. The van der Waals surface area contributed by atoms with E-state index in [1.165, 1.54) is 77.7 Å². The summed E-state index contributed by atoms with van der Waals surface area (Å²) in [5.41, 5.74) is -2.82. The molecule has 520 valence electrons. The highest BCUT2D eigenvalue weighted by Crippen LogP contribution is 2.34. The summed E-state index contributed by atoms with van der Waals surface area (Å²) >= 11 is 0. The predicted molar refractivity (Wildman–Crippen MR) is 419 cm³/mol. The molecule has 5 saturated heterocycles. The van der Waals surface area contributed by atoms with Crippen molar-refractivity contribution in [2.75, 3.05) is 165 Å². The highest BCUT2D eigenvalue weighted by atomic mass is 15.3. The van der Waals surface area contributed by atoms with Crippen LogP contribution in [0.4, 0.5) is 0 Å². The highest BCUT2D eigenvalue weighted by molar-refractivity contribution is 5.37. The van der Waals surface area contributed by atoms with Crippen molar-refractivity contribution in [3.63, 3.8) is 0 Å². The molecular formula is C90H110N10. The molecule has 0 atom stereocenters. The molecule has 0 amide bonds. The van der Waals surface area contributed by atoms with Gasteiger partial charge in [-0.2, -0.15) is 0 Å². The van der Waals surface area contributed by atoms with Crippen LogP contribution in [0.3, 0.4) is 0 Å². The third-order valence-electron chi connectivity index (χ3n) is 14.1. The van der Waals surface area contributed by atoms with Crippen LogP contribution in [0.1, 0.15) is 176 Å². The van der Waals surface area contributed by atoms with Crippen LogP contribution in [0.15, 0.2) is 303 Å². The normalized spacial score (nSPS) is 36.1. The molecule has 10 aromatic rings. The van der Waals surface area contributed by atoms with Gasteiger partial charge in [-0.05, 0) is 90.7 Å². The van der Waals surface area contributed by atoms with Gasteiger partial charge in [-0.1, -0.05) is 303 Å². The Bertz CT molecular complexity index is 6780. The fourth-order valence-electron chi connectivity index (χ4n) is 9.59. The molecule has 0 radical (unpaired) electrons. The second-order valence-corrected chi connectivity index (χ2v) is 20.8. The van der Waals surface area contributed by atoms with Gasteiger partial charge in [0.05, 0.1) is 64.4 Å². The van der Waals surface area contributed by atoms with Crippen molar-refractivity contribution < 1.29 is 90.5 Å². The Hall–Kier alpha value is -8.20. The van der Waals surface area contributed by atoms with E-state index in [0.717, 1.165) is 14.1 Å². The van der Waals surface area contributed by atoms with Crippen molar-refractivity contribution in [1.82, 2.24) is 49.0 Å². The van der Waals surface area contributed by atoms with Crippen molar-refractivity contribution >= 4 is 0 Å². The minimum Gasteiger partial charge on any atom is -0.304 e. The lowest BCUT2D eigenvalue weighted by Crippen LogP contribution is -2.46.